The van der Waals surface area contributed by atoms with E-state index in [-0.39, 0.29) is 17.5 Å². The first-order valence-electron chi connectivity index (χ1n) is 8.51. The van der Waals surface area contributed by atoms with Crippen LogP contribution in [0.4, 0.5) is 5.13 Å². The molecular formula is C19H19N3O4S. The molecule has 0 aliphatic carbocycles. The maximum Gasteiger partial charge on any atom is 0.363 e. The minimum atomic E-state index is -0.535. The number of thiazole rings is 1. The van der Waals surface area contributed by atoms with Crippen LogP contribution in [0.15, 0.2) is 40.3 Å². The fraction of sp³-hybridized carbons (Fsp3) is 0.263. The summed E-state index contributed by atoms with van der Waals surface area (Å²) in [5.41, 5.74) is 1.41. The number of amides is 1. The molecule has 1 aliphatic rings. The Morgan fingerprint density at radius 1 is 1.30 bits per heavy atom. The average molecular weight is 385 g/mol. The lowest BCUT2D eigenvalue weighted by Gasteiger charge is -2.14. The van der Waals surface area contributed by atoms with E-state index in [2.05, 4.69) is 9.98 Å². The lowest BCUT2D eigenvalue weighted by atomic mass is 10.2. The van der Waals surface area contributed by atoms with E-state index in [1.54, 1.807) is 40.6 Å². The van der Waals surface area contributed by atoms with Gasteiger partial charge in [-0.1, -0.05) is 0 Å². The molecule has 7 nitrogen and oxygen atoms in total. The summed E-state index contributed by atoms with van der Waals surface area (Å²) in [7, 11) is 0. The zero-order valence-corrected chi connectivity index (χ0v) is 16.1. The molecule has 140 valence electrons. The van der Waals surface area contributed by atoms with Gasteiger partial charge in [-0.25, -0.2) is 14.8 Å². The highest BCUT2D eigenvalue weighted by Gasteiger charge is 2.24. The Bertz CT molecular complexity index is 915. The van der Waals surface area contributed by atoms with Crippen molar-refractivity contribution < 1.29 is 19.1 Å². The second-order valence-electron chi connectivity index (χ2n) is 5.61. The van der Waals surface area contributed by atoms with Gasteiger partial charge in [0.05, 0.1) is 12.3 Å². The third kappa shape index (κ3) is 4.22. The van der Waals surface area contributed by atoms with E-state index in [4.69, 9.17) is 9.47 Å². The molecule has 8 heteroatoms. The van der Waals surface area contributed by atoms with E-state index in [0.29, 0.717) is 29.5 Å². The van der Waals surface area contributed by atoms with Crippen molar-refractivity contribution in [3.63, 3.8) is 0 Å². The van der Waals surface area contributed by atoms with Gasteiger partial charge >= 0.3 is 5.97 Å². The smallest absolute Gasteiger partial charge is 0.363 e. The summed E-state index contributed by atoms with van der Waals surface area (Å²) >= 11 is 1.33. The number of carbonyl (C=O) groups excluding carboxylic acids is 2. The number of esters is 1. The predicted molar refractivity (Wildman–Crippen MR) is 104 cm³/mol. The fourth-order valence-corrected chi connectivity index (χ4v) is 3.38. The molecule has 2 aromatic rings. The first-order chi connectivity index (χ1) is 13.0. The van der Waals surface area contributed by atoms with Gasteiger partial charge in [-0.2, -0.15) is 0 Å². The molecule has 0 spiro atoms. The summed E-state index contributed by atoms with van der Waals surface area (Å²) in [5.74, 6) is 0.362. The minimum Gasteiger partial charge on any atom is -0.494 e. The zero-order valence-electron chi connectivity index (χ0n) is 15.3. The number of anilines is 1. The van der Waals surface area contributed by atoms with Crippen LogP contribution in [0.25, 0.3) is 6.08 Å². The van der Waals surface area contributed by atoms with Crippen LogP contribution in [0.5, 0.6) is 5.75 Å². The monoisotopic (exact) mass is 385 g/mol. The topological polar surface area (TPSA) is 81.1 Å². The lowest BCUT2D eigenvalue weighted by Crippen LogP contribution is -2.27. The molecule has 3 rings (SSSR count). The number of hydrogen-bond acceptors (Lipinski definition) is 7. The number of benzene rings is 1. The van der Waals surface area contributed by atoms with Crippen LogP contribution in [-0.2, 0) is 14.3 Å². The van der Waals surface area contributed by atoms with Crippen molar-refractivity contribution in [3.8, 4) is 5.75 Å². The molecule has 0 unspecified atom stereocenters. The van der Waals surface area contributed by atoms with Crippen LogP contribution in [0.3, 0.4) is 0 Å². The molecule has 1 aliphatic heterocycles. The number of nitrogens with zero attached hydrogens (tertiary/aromatic N) is 3. The average Bonchev–Trinajstić information content (AvgIpc) is 3.24. The van der Waals surface area contributed by atoms with Crippen LogP contribution in [0.1, 0.15) is 32.0 Å². The molecule has 1 aromatic carbocycles. The highest BCUT2D eigenvalue weighted by atomic mass is 32.1. The Kier molecular flexibility index (Phi) is 5.66. The summed E-state index contributed by atoms with van der Waals surface area (Å²) in [4.78, 5) is 34.0. The molecule has 0 fully saturated rings. The summed E-state index contributed by atoms with van der Waals surface area (Å²) in [5, 5.41) is 2.35. The van der Waals surface area contributed by atoms with Crippen molar-refractivity contribution in [2.45, 2.75) is 20.8 Å². The predicted octanol–water partition coefficient (Wildman–Crippen LogP) is 3.26. The van der Waals surface area contributed by atoms with E-state index in [9.17, 15) is 9.59 Å². The van der Waals surface area contributed by atoms with Crippen LogP contribution in [0, 0.1) is 0 Å². The van der Waals surface area contributed by atoms with Gasteiger partial charge < -0.3 is 9.47 Å². The summed E-state index contributed by atoms with van der Waals surface area (Å²) in [6, 6.07) is 7.16. The third-order valence-corrected chi connectivity index (χ3v) is 4.64. The Hall–Kier alpha value is -3.00. The molecule has 27 heavy (non-hydrogen) atoms. The number of aromatic nitrogens is 1. The molecule has 0 saturated heterocycles. The first kappa shape index (κ1) is 18.8. The van der Waals surface area contributed by atoms with Gasteiger partial charge in [-0.05, 0) is 44.2 Å². The highest BCUT2D eigenvalue weighted by molar-refractivity contribution is 7.14. The summed E-state index contributed by atoms with van der Waals surface area (Å²) in [6.45, 7) is 6.39. The normalized spacial score (nSPS) is 14.9. The largest absolute Gasteiger partial charge is 0.494 e. The van der Waals surface area contributed by atoms with Gasteiger partial charge in [0.15, 0.2) is 10.8 Å². The Balaban J connectivity index is 1.81. The maximum absolute atomic E-state index is 12.1. The van der Waals surface area contributed by atoms with Crippen LogP contribution in [-0.4, -0.2) is 35.9 Å². The molecule has 1 aromatic heterocycles. The van der Waals surface area contributed by atoms with Crippen LogP contribution >= 0.6 is 11.3 Å². The molecule has 2 heterocycles. The highest BCUT2D eigenvalue weighted by Crippen LogP contribution is 2.25. The standard InChI is InChI=1S/C19H19N3O4S/c1-4-22(12(3)23)19-20-14(11-27-19)10-16-18(24)26-17(21-16)13-6-8-15(9-7-13)25-5-2/h6-11H,4-5H2,1-3H3/b16-10-. The first-order valence-corrected chi connectivity index (χ1v) is 9.39. The van der Waals surface area contributed by atoms with Crippen molar-refractivity contribution in [1.82, 2.24) is 4.98 Å². The lowest BCUT2D eigenvalue weighted by molar-refractivity contribution is -0.130. The van der Waals surface area contributed by atoms with Gasteiger partial charge in [0.1, 0.15) is 5.75 Å². The SMILES string of the molecule is CCOc1ccc(C2=N/C(=C\c3csc(N(CC)C(C)=O)n3)C(=O)O2)cc1. The van der Waals surface area contributed by atoms with Crippen molar-refractivity contribution >= 4 is 40.3 Å². The Morgan fingerprint density at radius 2 is 2.04 bits per heavy atom. The Labute approximate surface area is 161 Å². The molecule has 0 bridgehead atoms. The van der Waals surface area contributed by atoms with E-state index in [0.717, 1.165) is 5.75 Å². The number of cyclic esters (lactones) is 1. The van der Waals surface area contributed by atoms with Gasteiger partial charge in [-0.3, -0.25) is 9.69 Å². The molecule has 1 amide bonds. The second kappa shape index (κ2) is 8.13. The van der Waals surface area contributed by atoms with Crippen molar-refractivity contribution in [3.05, 3.63) is 46.6 Å². The van der Waals surface area contributed by atoms with Crippen LogP contribution in [0.2, 0.25) is 0 Å². The van der Waals surface area contributed by atoms with Crippen molar-refractivity contribution in [2.75, 3.05) is 18.1 Å². The molecule has 0 atom stereocenters. The van der Waals surface area contributed by atoms with E-state index in [1.807, 2.05) is 13.8 Å². The molecule has 0 radical (unpaired) electrons. The molecule has 0 saturated carbocycles. The summed E-state index contributed by atoms with van der Waals surface area (Å²) < 4.78 is 10.7. The third-order valence-electron chi connectivity index (χ3n) is 3.75. The van der Waals surface area contributed by atoms with Gasteiger partial charge in [0.2, 0.25) is 11.8 Å². The number of rotatable bonds is 6. The van der Waals surface area contributed by atoms with Gasteiger partial charge in [0, 0.05) is 24.4 Å². The van der Waals surface area contributed by atoms with E-state index < -0.39 is 5.97 Å². The number of carbonyl (C=O) groups is 2. The van der Waals surface area contributed by atoms with E-state index >= 15 is 0 Å². The number of ether oxygens (including phenoxy) is 2. The van der Waals surface area contributed by atoms with Crippen LogP contribution < -0.4 is 9.64 Å². The van der Waals surface area contributed by atoms with Gasteiger partial charge in [0.25, 0.3) is 0 Å². The minimum absolute atomic E-state index is 0.0814. The number of hydrogen-bond donors (Lipinski definition) is 0. The Morgan fingerprint density at radius 3 is 2.67 bits per heavy atom. The second-order valence-corrected chi connectivity index (χ2v) is 6.45. The quantitative estimate of drug-likeness (QED) is 0.563. The maximum atomic E-state index is 12.1. The van der Waals surface area contributed by atoms with E-state index in [1.165, 1.54) is 18.3 Å². The molecular weight excluding hydrogens is 366 g/mol. The zero-order chi connectivity index (χ0) is 19.4. The number of aliphatic imine (C=N–C) groups is 1. The van der Waals surface area contributed by atoms with Crippen molar-refractivity contribution in [1.29, 1.82) is 0 Å². The fourth-order valence-electron chi connectivity index (χ4n) is 2.49. The molecule has 0 N–H and O–H groups in total. The van der Waals surface area contributed by atoms with Crippen molar-refractivity contribution in [2.24, 2.45) is 4.99 Å². The summed E-state index contributed by atoms with van der Waals surface area (Å²) in [6.07, 6.45) is 1.55. The van der Waals surface area contributed by atoms with Gasteiger partial charge in [-0.15, -0.1) is 11.3 Å².